The van der Waals surface area contributed by atoms with Crippen LogP contribution in [0.15, 0.2) is 36.4 Å². The van der Waals surface area contributed by atoms with E-state index in [1.807, 2.05) is 53.1 Å². The molecule has 1 N–H and O–H groups in total. The fourth-order valence-electron chi connectivity index (χ4n) is 4.57. The fourth-order valence-corrected chi connectivity index (χ4v) is 4.57. The second-order valence-electron chi connectivity index (χ2n) is 8.45. The lowest BCUT2D eigenvalue weighted by molar-refractivity contribution is -0.117. The molecule has 2 aromatic rings. The molecule has 1 saturated heterocycles. The topological polar surface area (TPSA) is 74.8 Å². The van der Waals surface area contributed by atoms with Gasteiger partial charge in [-0.05, 0) is 49.7 Å². The van der Waals surface area contributed by atoms with Crippen molar-refractivity contribution in [2.45, 2.75) is 39.8 Å². The van der Waals surface area contributed by atoms with Crippen molar-refractivity contribution in [1.82, 2.24) is 9.88 Å². The quantitative estimate of drug-likeness (QED) is 0.821. The molecular formula is C24H30N4O3. The lowest BCUT2D eigenvalue weighted by atomic mass is 9.82. The number of pyridine rings is 1. The van der Waals surface area contributed by atoms with Crippen LogP contribution in [-0.2, 0) is 9.53 Å². The van der Waals surface area contributed by atoms with Gasteiger partial charge < -0.3 is 19.9 Å². The van der Waals surface area contributed by atoms with Gasteiger partial charge in [0.15, 0.2) is 0 Å². The van der Waals surface area contributed by atoms with E-state index in [4.69, 9.17) is 4.74 Å². The Morgan fingerprint density at radius 2 is 1.87 bits per heavy atom. The molecule has 0 spiro atoms. The summed E-state index contributed by atoms with van der Waals surface area (Å²) >= 11 is 0. The van der Waals surface area contributed by atoms with Gasteiger partial charge in [-0.1, -0.05) is 13.0 Å². The van der Waals surface area contributed by atoms with Crippen molar-refractivity contribution in [2.75, 3.05) is 36.5 Å². The molecule has 2 aliphatic rings. The number of rotatable bonds is 3. The first-order valence-electron chi connectivity index (χ1n) is 10.9. The normalized spacial score (nSPS) is 23.3. The summed E-state index contributed by atoms with van der Waals surface area (Å²) in [7, 11) is 0. The summed E-state index contributed by atoms with van der Waals surface area (Å²) in [5.74, 6) is 0.905. The largest absolute Gasteiger partial charge is 0.378 e. The molecule has 4 rings (SSSR count). The number of anilines is 2. The van der Waals surface area contributed by atoms with Crippen LogP contribution in [0.3, 0.4) is 0 Å². The molecule has 2 unspecified atom stereocenters. The average Bonchev–Trinajstić information content (AvgIpc) is 2.76. The summed E-state index contributed by atoms with van der Waals surface area (Å²) in [4.78, 5) is 33.9. The number of aromatic nitrogens is 1. The van der Waals surface area contributed by atoms with Crippen molar-refractivity contribution in [3.63, 3.8) is 0 Å². The van der Waals surface area contributed by atoms with Crippen LogP contribution in [0.4, 0.5) is 11.5 Å². The van der Waals surface area contributed by atoms with E-state index in [2.05, 4.69) is 24.1 Å². The highest BCUT2D eigenvalue weighted by Crippen LogP contribution is 2.42. The molecule has 164 valence electrons. The number of carbonyl (C=O) groups is 2. The first-order valence-corrected chi connectivity index (χ1v) is 10.9. The number of amides is 2. The minimum atomic E-state index is -0.0765. The Bertz CT molecular complexity index is 987. The van der Waals surface area contributed by atoms with E-state index in [1.165, 1.54) is 0 Å². The van der Waals surface area contributed by atoms with E-state index in [0.29, 0.717) is 31.9 Å². The number of aryl methyl sites for hydroxylation is 1. The van der Waals surface area contributed by atoms with Crippen molar-refractivity contribution in [3.8, 4) is 0 Å². The van der Waals surface area contributed by atoms with Gasteiger partial charge in [-0.2, -0.15) is 0 Å². The molecule has 7 nitrogen and oxygen atoms in total. The van der Waals surface area contributed by atoms with Gasteiger partial charge >= 0.3 is 0 Å². The molecule has 2 aliphatic heterocycles. The molecule has 0 radical (unpaired) electrons. The van der Waals surface area contributed by atoms with Crippen molar-refractivity contribution in [2.24, 2.45) is 5.92 Å². The van der Waals surface area contributed by atoms with Crippen LogP contribution >= 0.6 is 0 Å². The van der Waals surface area contributed by atoms with Gasteiger partial charge in [0.05, 0.1) is 19.3 Å². The number of benzene rings is 1. The summed E-state index contributed by atoms with van der Waals surface area (Å²) in [6, 6.07) is 11.5. The molecule has 0 saturated carbocycles. The van der Waals surface area contributed by atoms with Crippen LogP contribution in [0.1, 0.15) is 48.4 Å². The van der Waals surface area contributed by atoms with E-state index < -0.39 is 0 Å². The highest BCUT2D eigenvalue weighted by Gasteiger charge is 2.39. The van der Waals surface area contributed by atoms with Gasteiger partial charge in [0, 0.05) is 48.9 Å². The zero-order valence-electron chi connectivity index (χ0n) is 18.6. The Morgan fingerprint density at radius 1 is 1.13 bits per heavy atom. The van der Waals surface area contributed by atoms with Crippen molar-refractivity contribution in [3.05, 3.63) is 53.2 Å². The predicted octanol–water partition coefficient (Wildman–Crippen LogP) is 3.41. The first-order chi connectivity index (χ1) is 14.9. The van der Waals surface area contributed by atoms with Crippen LogP contribution in [0.25, 0.3) is 0 Å². The molecule has 3 heterocycles. The van der Waals surface area contributed by atoms with Gasteiger partial charge in [0.1, 0.15) is 5.82 Å². The molecule has 2 amide bonds. The number of nitrogens with zero attached hydrogens (tertiary/aromatic N) is 3. The van der Waals surface area contributed by atoms with Crippen LogP contribution < -0.4 is 10.2 Å². The first kappa shape index (κ1) is 21.3. The number of fused-ring (bicyclic) bond motifs is 1. The second kappa shape index (κ2) is 8.67. The maximum Gasteiger partial charge on any atom is 0.254 e. The summed E-state index contributed by atoms with van der Waals surface area (Å²) < 4.78 is 5.38. The third kappa shape index (κ3) is 4.14. The highest BCUT2D eigenvalue weighted by molar-refractivity contribution is 5.98. The summed E-state index contributed by atoms with van der Waals surface area (Å²) in [6.45, 7) is 10.1. The van der Waals surface area contributed by atoms with Crippen LogP contribution in [0, 0.1) is 12.8 Å². The van der Waals surface area contributed by atoms with Crippen LogP contribution in [0.2, 0.25) is 0 Å². The monoisotopic (exact) mass is 422 g/mol. The minimum Gasteiger partial charge on any atom is -0.378 e. The average molecular weight is 423 g/mol. The highest BCUT2D eigenvalue weighted by atomic mass is 16.5. The third-order valence-corrected chi connectivity index (χ3v) is 6.39. The van der Waals surface area contributed by atoms with Crippen LogP contribution in [-0.4, -0.2) is 54.0 Å². The molecule has 0 bridgehead atoms. The van der Waals surface area contributed by atoms with E-state index in [1.54, 1.807) is 6.92 Å². The number of morpholine rings is 1. The number of nitrogens with one attached hydrogen (secondary N) is 1. The third-order valence-electron chi connectivity index (χ3n) is 6.39. The van der Waals surface area contributed by atoms with Gasteiger partial charge in [-0.25, -0.2) is 4.98 Å². The Hall–Kier alpha value is -2.93. The molecular weight excluding hydrogens is 392 g/mol. The maximum atomic E-state index is 13.1. The molecule has 0 aliphatic carbocycles. The summed E-state index contributed by atoms with van der Waals surface area (Å²) in [6.07, 6.45) is 0. The van der Waals surface area contributed by atoms with E-state index in [-0.39, 0.29) is 29.8 Å². The molecule has 7 heteroatoms. The molecule has 1 aromatic carbocycles. The molecule has 1 fully saturated rings. The van der Waals surface area contributed by atoms with Crippen LogP contribution in [0.5, 0.6) is 0 Å². The Kier molecular flexibility index (Phi) is 5.96. The molecule has 31 heavy (non-hydrogen) atoms. The second-order valence-corrected chi connectivity index (χ2v) is 8.45. The van der Waals surface area contributed by atoms with Crippen molar-refractivity contribution < 1.29 is 14.3 Å². The Balaban J connectivity index is 1.75. The van der Waals surface area contributed by atoms with Crippen molar-refractivity contribution >= 4 is 23.3 Å². The van der Waals surface area contributed by atoms with Gasteiger partial charge in [0.25, 0.3) is 5.91 Å². The number of hydrogen-bond donors (Lipinski definition) is 1. The smallest absolute Gasteiger partial charge is 0.254 e. The Labute approximate surface area is 183 Å². The number of carbonyl (C=O) groups excluding carboxylic acids is 2. The zero-order valence-corrected chi connectivity index (χ0v) is 18.6. The summed E-state index contributed by atoms with van der Waals surface area (Å²) in [5.41, 5.74) is 3.36. The van der Waals surface area contributed by atoms with Crippen molar-refractivity contribution in [1.29, 1.82) is 0 Å². The lowest BCUT2D eigenvalue weighted by Gasteiger charge is -2.44. The fraction of sp³-hybridized carbons (Fsp3) is 0.458. The minimum absolute atomic E-state index is 0.0000126. The summed E-state index contributed by atoms with van der Waals surface area (Å²) in [5, 5.41) is 3.57. The number of hydrogen-bond acceptors (Lipinski definition) is 5. The lowest BCUT2D eigenvalue weighted by Crippen LogP contribution is -2.48. The molecule has 1 aromatic heterocycles. The standard InChI is InChI=1S/C24H30N4O3/c1-15-6-5-7-22(25-15)26-23-16(2)17(3)28(18(4)29)21-9-8-19(14-20(21)23)24(30)27-10-12-31-13-11-27/h5-9,14,16-17,23H,10-13H2,1-4H3,(H,25,26)/t16?,17-,23?/m0/s1. The Morgan fingerprint density at radius 3 is 2.55 bits per heavy atom. The predicted molar refractivity (Wildman–Crippen MR) is 120 cm³/mol. The number of ether oxygens (including phenoxy) is 1. The van der Waals surface area contributed by atoms with Gasteiger partial charge in [0.2, 0.25) is 5.91 Å². The van der Waals surface area contributed by atoms with E-state index in [9.17, 15) is 9.59 Å². The van der Waals surface area contributed by atoms with E-state index >= 15 is 0 Å². The zero-order chi connectivity index (χ0) is 22.1. The van der Waals surface area contributed by atoms with Gasteiger partial charge in [-0.15, -0.1) is 0 Å². The van der Waals surface area contributed by atoms with Gasteiger partial charge in [-0.3, -0.25) is 9.59 Å². The van der Waals surface area contributed by atoms with E-state index in [0.717, 1.165) is 22.8 Å². The maximum absolute atomic E-state index is 13.1. The SMILES string of the molecule is CC(=O)N1c2ccc(C(=O)N3CCOCC3)cc2C(Nc2cccc(C)n2)C(C)[C@@H]1C. The molecule has 3 atom stereocenters.